The van der Waals surface area contributed by atoms with Crippen molar-refractivity contribution >= 4 is 23.2 Å². The predicted molar refractivity (Wildman–Crippen MR) is 103 cm³/mol. The van der Waals surface area contributed by atoms with E-state index in [1.807, 2.05) is 31.2 Å². The van der Waals surface area contributed by atoms with Gasteiger partial charge in [-0.25, -0.2) is 9.37 Å². The highest BCUT2D eigenvalue weighted by molar-refractivity contribution is 5.90. The fourth-order valence-electron chi connectivity index (χ4n) is 2.63. The second-order valence-electron chi connectivity index (χ2n) is 6.20. The second-order valence-corrected chi connectivity index (χ2v) is 6.20. The Morgan fingerprint density at radius 3 is 2.56 bits per heavy atom. The van der Waals surface area contributed by atoms with Crippen LogP contribution in [0.4, 0.5) is 21.7 Å². The molecule has 0 fully saturated rings. The van der Waals surface area contributed by atoms with E-state index in [0.29, 0.717) is 11.4 Å². The highest BCUT2D eigenvalue weighted by Crippen LogP contribution is 2.16. The van der Waals surface area contributed by atoms with Gasteiger partial charge in [-0.1, -0.05) is 18.2 Å². The van der Waals surface area contributed by atoms with E-state index in [1.54, 1.807) is 13.0 Å². The predicted octanol–water partition coefficient (Wildman–Crippen LogP) is 3.38. The fourth-order valence-corrected chi connectivity index (χ4v) is 2.63. The zero-order chi connectivity index (χ0) is 19.4. The molecule has 2 N–H and O–H groups in total. The van der Waals surface area contributed by atoms with Crippen LogP contribution in [0.25, 0.3) is 0 Å². The van der Waals surface area contributed by atoms with Gasteiger partial charge in [0, 0.05) is 23.1 Å². The number of benzene rings is 2. The first-order valence-electron chi connectivity index (χ1n) is 8.38. The van der Waals surface area contributed by atoms with Gasteiger partial charge >= 0.3 is 0 Å². The summed E-state index contributed by atoms with van der Waals surface area (Å²) >= 11 is 0. The third-order valence-electron chi connectivity index (χ3n) is 3.82. The van der Waals surface area contributed by atoms with E-state index < -0.39 is 11.7 Å². The maximum atomic E-state index is 13.3. The van der Waals surface area contributed by atoms with Gasteiger partial charge < -0.3 is 10.6 Å². The number of hydrogen-bond acceptors (Lipinski definition) is 4. The van der Waals surface area contributed by atoms with Crippen molar-refractivity contribution in [3.63, 3.8) is 0 Å². The van der Waals surface area contributed by atoms with Crippen LogP contribution in [0.2, 0.25) is 0 Å². The molecular formula is C20H19FN4O2. The number of hydrogen-bond donors (Lipinski definition) is 2. The molecule has 0 radical (unpaired) electrons. The van der Waals surface area contributed by atoms with Crippen LogP contribution < -0.4 is 16.2 Å². The minimum absolute atomic E-state index is 0.253. The lowest BCUT2D eigenvalue weighted by atomic mass is 10.2. The van der Waals surface area contributed by atoms with Crippen LogP contribution >= 0.6 is 0 Å². The summed E-state index contributed by atoms with van der Waals surface area (Å²) < 4.78 is 14.5. The SMILES string of the molecule is Cc1cccc(Nc2nc(C)cc(=O)n2CC(=O)Nc2cccc(F)c2)c1. The molecule has 3 rings (SSSR count). The smallest absolute Gasteiger partial charge is 0.255 e. The van der Waals surface area contributed by atoms with Crippen molar-refractivity contribution in [1.29, 1.82) is 0 Å². The summed E-state index contributed by atoms with van der Waals surface area (Å²) in [6, 6.07) is 14.5. The second kappa shape index (κ2) is 7.82. The van der Waals surface area contributed by atoms with E-state index >= 15 is 0 Å². The molecule has 0 aliphatic rings. The highest BCUT2D eigenvalue weighted by Gasteiger charge is 2.12. The molecule has 1 heterocycles. The Labute approximate surface area is 155 Å². The molecule has 138 valence electrons. The Balaban J connectivity index is 1.85. The summed E-state index contributed by atoms with van der Waals surface area (Å²) in [5.41, 5.74) is 2.31. The molecule has 0 saturated heterocycles. The Hall–Kier alpha value is -3.48. The highest BCUT2D eigenvalue weighted by atomic mass is 19.1. The van der Waals surface area contributed by atoms with Crippen LogP contribution in [0.5, 0.6) is 0 Å². The van der Waals surface area contributed by atoms with Gasteiger partial charge in [-0.15, -0.1) is 0 Å². The van der Waals surface area contributed by atoms with Gasteiger partial charge in [0.25, 0.3) is 5.56 Å². The Morgan fingerprint density at radius 2 is 1.81 bits per heavy atom. The lowest BCUT2D eigenvalue weighted by Crippen LogP contribution is -2.30. The molecule has 27 heavy (non-hydrogen) atoms. The minimum Gasteiger partial charge on any atom is -0.326 e. The fraction of sp³-hybridized carbons (Fsp3) is 0.150. The molecule has 7 heteroatoms. The number of aryl methyl sites for hydroxylation is 2. The number of carbonyl (C=O) groups excluding carboxylic acids is 1. The molecule has 0 aliphatic heterocycles. The molecule has 3 aromatic rings. The van der Waals surface area contributed by atoms with E-state index in [2.05, 4.69) is 15.6 Å². The Kier molecular flexibility index (Phi) is 5.30. The van der Waals surface area contributed by atoms with Crippen LogP contribution in [-0.4, -0.2) is 15.5 Å². The standard InChI is InChI=1S/C20H19FN4O2/c1-13-5-3-7-16(9-13)24-20-22-14(2)10-19(27)25(20)12-18(26)23-17-8-4-6-15(21)11-17/h3-11H,12H2,1-2H3,(H,22,24)(H,23,26). The normalized spacial score (nSPS) is 10.5. The maximum Gasteiger partial charge on any atom is 0.255 e. The number of amides is 1. The number of anilines is 3. The molecule has 0 atom stereocenters. The van der Waals surface area contributed by atoms with E-state index in [-0.39, 0.29) is 18.1 Å². The van der Waals surface area contributed by atoms with E-state index in [4.69, 9.17) is 0 Å². The van der Waals surface area contributed by atoms with E-state index in [0.717, 1.165) is 11.3 Å². The molecule has 6 nitrogen and oxygen atoms in total. The van der Waals surface area contributed by atoms with Crippen LogP contribution in [0.3, 0.4) is 0 Å². The third kappa shape index (κ3) is 4.78. The van der Waals surface area contributed by atoms with Crippen LogP contribution in [0, 0.1) is 19.7 Å². The number of nitrogens with one attached hydrogen (secondary N) is 2. The number of rotatable bonds is 5. The maximum absolute atomic E-state index is 13.3. The third-order valence-corrected chi connectivity index (χ3v) is 3.82. The summed E-state index contributed by atoms with van der Waals surface area (Å²) in [6.45, 7) is 3.41. The average molecular weight is 366 g/mol. The van der Waals surface area contributed by atoms with E-state index in [1.165, 1.54) is 28.8 Å². The first kappa shape index (κ1) is 18.3. The van der Waals surface area contributed by atoms with Crippen molar-refractivity contribution in [2.75, 3.05) is 10.6 Å². The molecule has 0 spiro atoms. The molecule has 0 saturated carbocycles. The topological polar surface area (TPSA) is 76.0 Å². The first-order valence-corrected chi connectivity index (χ1v) is 8.38. The Morgan fingerprint density at radius 1 is 1.07 bits per heavy atom. The number of nitrogens with zero attached hydrogens (tertiary/aromatic N) is 2. The molecule has 1 aromatic heterocycles. The molecule has 0 bridgehead atoms. The van der Waals surface area contributed by atoms with Crippen LogP contribution in [0.15, 0.2) is 59.4 Å². The van der Waals surface area contributed by atoms with Crippen molar-refractivity contribution in [1.82, 2.24) is 9.55 Å². The lowest BCUT2D eigenvalue weighted by molar-refractivity contribution is -0.116. The summed E-state index contributed by atoms with van der Waals surface area (Å²) in [5.74, 6) is -0.649. The van der Waals surface area contributed by atoms with Crippen molar-refractivity contribution in [3.05, 3.63) is 82.0 Å². The summed E-state index contributed by atoms with van der Waals surface area (Å²) in [4.78, 5) is 29.1. The van der Waals surface area contributed by atoms with Gasteiger partial charge in [-0.3, -0.25) is 14.2 Å². The Bertz CT molecular complexity index is 1050. The minimum atomic E-state index is -0.458. The van der Waals surface area contributed by atoms with Gasteiger partial charge in [0.1, 0.15) is 12.4 Å². The summed E-state index contributed by atoms with van der Waals surface area (Å²) in [5, 5.41) is 5.66. The molecule has 1 amide bonds. The zero-order valence-corrected chi connectivity index (χ0v) is 15.0. The summed E-state index contributed by atoms with van der Waals surface area (Å²) in [6.07, 6.45) is 0. The zero-order valence-electron chi connectivity index (χ0n) is 15.0. The van der Waals surface area contributed by atoms with Gasteiger partial charge in [0.2, 0.25) is 11.9 Å². The molecule has 0 aliphatic carbocycles. The monoisotopic (exact) mass is 366 g/mol. The van der Waals surface area contributed by atoms with Gasteiger partial charge in [0.05, 0.1) is 0 Å². The first-order chi connectivity index (χ1) is 12.9. The van der Waals surface area contributed by atoms with Gasteiger partial charge in [-0.05, 0) is 49.7 Å². The largest absolute Gasteiger partial charge is 0.326 e. The number of halogens is 1. The van der Waals surface area contributed by atoms with Crippen molar-refractivity contribution in [3.8, 4) is 0 Å². The lowest BCUT2D eigenvalue weighted by Gasteiger charge is -2.14. The van der Waals surface area contributed by atoms with Gasteiger partial charge in [0.15, 0.2) is 0 Å². The molecule has 2 aromatic carbocycles. The molecule has 0 unspecified atom stereocenters. The van der Waals surface area contributed by atoms with Crippen LogP contribution in [-0.2, 0) is 11.3 Å². The van der Waals surface area contributed by atoms with Gasteiger partial charge in [-0.2, -0.15) is 0 Å². The average Bonchev–Trinajstić information content (AvgIpc) is 2.58. The van der Waals surface area contributed by atoms with E-state index in [9.17, 15) is 14.0 Å². The number of aromatic nitrogens is 2. The molecular weight excluding hydrogens is 347 g/mol. The van der Waals surface area contributed by atoms with Crippen molar-refractivity contribution < 1.29 is 9.18 Å². The quantitative estimate of drug-likeness (QED) is 0.726. The summed E-state index contributed by atoms with van der Waals surface area (Å²) in [7, 11) is 0. The van der Waals surface area contributed by atoms with Crippen molar-refractivity contribution in [2.24, 2.45) is 0 Å². The van der Waals surface area contributed by atoms with Crippen LogP contribution in [0.1, 0.15) is 11.3 Å². The number of carbonyl (C=O) groups is 1. The van der Waals surface area contributed by atoms with Crippen molar-refractivity contribution in [2.45, 2.75) is 20.4 Å².